The molecule has 0 amide bonds. The SMILES string of the molecule is N#Cc1ccccc1-c1ccc(CSc2cc3nc(-n4cc(OC(=O)O)cn4)[nH]c3cc2Cl)cc1. The Hall–Kier alpha value is -4.26. The summed E-state index contributed by atoms with van der Waals surface area (Å²) in [5.74, 6) is 1.21. The van der Waals surface area contributed by atoms with Crippen molar-refractivity contribution in [1.29, 1.82) is 5.26 Å². The van der Waals surface area contributed by atoms with Gasteiger partial charge in [0.1, 0.15) is 0 Å². The number of hydrogen-bond donors (Lipinski definition) is 2. The number of nitrogens with one attached hydrogen (secondary N) is 1. The molecule has 5 rings (SSSR count). The first kappa shape index (κ1) is 22.5. The zero-order valence-corrected chi connectivity index (χ0v) is 19.5. The van der Waals surface area contributed by atoms with Crippen LogP contribution in [0.15, 0.2) is 78.0 Å². The van der Waals surface area contributed by atoms with Crippen molar-refractivity contribution < 1.29 is 14.6 Å². The Balaban J connectivity index is 1.32. The maximum atomic E-state index is 10.7. The van der Waals surface area contributed by atoms with Gasteiger partial charge in [-0.25, -0.2) is 14.5 Å². The fraction of sp³-hybridized carbons (Fsp3) is 0.0400. The molecule has 0 aliphatic rings. The first-order chi connectivity index (χ1) is 17.0. The van der Waals surface area contributed by atoms with E-state index in [1.54, 1.807) is 17.8 Å². The Bertz CT molecular complexity index is 1590. The number of H-pyrrole nitrogens is 1. The van der Waals surface area contributed by atoms with E-state index in [1.807, 2.05) is 54.6 Å². The summed E-state index contributed by atoms with van der Waals surface area (Å²) in [6.45, 7) is 0. The Morgan fingerprint density at radius 2 is 2.00 bits per heavy atom. The van der Waals surface area contributed by atoms with Gasteiger partial charge in [0, 0.05) is 10.6 Å². The van der Waals surface area contributed by atoms with E-state index in [2.05, 4.69) is 25.9 Å². The van der Waals surface area contributed by atoms with Crippen molar-refractivity contribution in [3.63, 3.8) is 0 Å². The standard InChI is InChI=1S/C25H16ClN5O3S/c26-20-9-21-22(30-24(29-21)31-13-18(12-28-31)34-25(32)33)10-23(20)35-14-15-5-7-16(8-6-15)19-4-2-1-3-17(19)11-27/h1-10,12-13H,14H2,(H,29,30)(H,32,33). The van der Waals surface area contributed by atoms with E-state index in [4.69, 9.17) is 16.7 Å². The van der Waals surface area contributed by atoms with Crippen LogP contribution in [0, 0.1) is 11.3 Å². The Morgan fingerprint density at radius 3 is 2.77 bits per heavy atom. The molecule has 8 nitrogen and oxygen atoms in total. The highest BCUT2D eigenvalue weighted by atomic mass is 35.5. The monoisotopic (exact) mass is 501 g/mol. The van der Waals surface area contributed by atoms with Gasteiger partial charge in [-0.3, -0.25) is 0 Å². The number of carbonyl (C=O) groups is 1. The van der Waals surface area contributed by atoms with E-state index < -0.39 is 6.16 Å². The average molecular weight is 502 g/mol. The number of halogens is 1. The molecule has 35 heavy (non-hydrogen) atoms. The number of nitrogens with zero attached hydrogens (tertiary/aromatic N) is 4. The first-order valence-electron chi connectivity index (χ1n) is 10.4. The topological polar surface area (TPSA) is 117 Å². The molecule has 5 aromatic rings. The predicted molar refractivity (Wildman–Crippen MR) is 133 cm³/mol. The van der Waals surface area contributed by atoms with Crippen LogP contribution in [0.3, 0.4) is 0 Å². The molecule has 0 unspecified atom stereocenters. The van der Waals surface area contributed by atoms with Gasteiger partial charge in [-0.2, -0.15) is 10.4 Å². The second kappa shape index (κ2) is 9.54. The number of nitriles is 1. The van der Waals surface area contributed by atoms with Crippen molar-refractivity contribution >= 4 is 40.6 Å². The molecule has 0 saturated carbocycles. The number of thioether (sulfide) groups is 1. The third-order valence-electron chi connectivity index (χ3n) is 5.21. The third kappa shape index (κ3) is 4.84. The maximum absolute atomic E-state index is 10.7. The fourth-order valence-corrected chi connectivity index (χ4v) is 4.80. The predicted octanol–water partition coefficient (Wildman–Crippen LogP) is 6.29. The molecule has 2 N–H and O–H groups in total. The van der Waals surface area contributed by atoms with Crippen molar-refractivity contribution in [3.8, 4) is 28.9 Å². The van der Waals surface area contributed by atoms with E-state index in [0.717, 1.165) is 27.1 Å². The molecule has 2 aromatic heterocycles. The van der Waals surface area contributed by atoms with Crippen LogP contribution in [0.5, 0.6) is 5.75 Å². The van der Waals surface area contributed by atoms with Gasteiger partial charge in [0.25, 0.3) is 0 Å². The maximum Gasteiger partial charge on any atom is 0.511 e. The number of imidazole rings is 1. The van der Waals surface area contributed by atoms with E-state index in [0.29, 0.717) is 27.8 Å². The van der Waals surface area contributed by atoms with Gasteiger partial charge < -0.3 is 14.8 Å². The van der Waals surface area contributed by atoms with Gasteiger partial charge in [0.15, 0.2) is 5.75 Å². The summed E-state index contributed by atoms with van der Waals surface area (Å²) in [6, 6.07) is 21.6. The van der Waals surface area contributed by atoms with Crippen molar-refractivity contribution in [1.82, 2.24) is 19.7 Å². The Kier molecular flexibility index (Phi) is 6.14. The molecule has 0 aliphatic carbocycles. The van der Waals surface area contributed by atoms with Gasteiger partial charge in [0.05, 0.1) is 40.1 Å². The lowest BCUT2D eigenvalue weighted by Gasteiger charge is -2.07. The number of ether oxygens (including phenoxy) is 1. The lowest BCUT2D eigenvalue weighted by atomic mass is 10.00. The highest BCUT2D eigenvalue weighted by Crippen LogP contribution is 2.34. The first-order valence-corrected chi connectivity index (χ1v) is 11.7. The molecule has 2 heterocycles. The summed E-state index contributed by atoms with van der Waals surface area (Å²) < 4.78 is 5.99. The molecule has 172 valence electrons. The molecule has 0 fully saturated rings. The fourth-order valence-electron chi connectivity index (χ4n) is 3.57. The average Bonchev–Trinajstić information content (AvgIpc) is 3.49. The van der Waals surface area contributed by atoms with Crippen LogP contribution < -0.4 is 4.74 Å². The zero-order chi connectivity index (χ0) is 24.4. The smallest absolute Gasteiger partial charge is 0.449 e. The molecule has 0 spiro atoms. The minimum absolute atomic E-state index is 0.0920. The molecular weight excluding hydrogens is 486 g/mol. The molecule has 3 aromatic carbocycles. The summed E-state index contributed by atoms with van der Waals surface area (Å²) in [4.78, 5) is 19.2. The van der Waals surface area contributed by atoms with Gasteiger partial charge in [-0.05, 0) is 34.9 Å². The Morgan fingerprint density at radius 1 is 1.20 bits per heavy atom. The van der Waals surface area contributed by atoms with Crippen molar-refractivity contribution in [3.05, 3.63) is 89.2 Å². The minimum Gasteiger partial charge on any atom is -0.449 e. The summed E-state index contributed by atoms with van der Waals surface area (Å²) in [5.41, 5.74) is 5.10. The summed E-state index contributed by atoms with van der Waals surface area (Å²) in [6.07, 6.45) is 1.30. The molecule has 0 atom stereocenters. The van der Waals surface area contributed by atoms with Gasteiger partial charge >= 0.3 is 6.16 Å². The van der Waals surface area contributed by atoms with Crippen molar-refractivity contribution in [2.24, 2.45) is 0 Å². The number of aromatic nitrogens is 4. The number of aromatic amines is 1. The van der Waals surface area contributed by atoms with Crippen molar-refractivity contribution in [2.75, 3.05) is 0 Å². The van der Waals surface area contributed by atoms with E-state index >= 15 is 0 Å². The molecule has 0 saturated heterocycles. The van der Waals surface area contributed by atoms with Crippen molar-refractivity contribution in [2.45, 2.75) is 10.6 Å². The van der Waals surface area contributed by atoms with Crippen LogP contribution in [0.25, 0.3) is 28.1 Å². The zero-order valence-electron chi connectivity index (χ0n) is 18.0. The van der Waals surface area contributed by atoms with Crippen LogP contribution in [0.2, 0.25) is 5.02 Å². The largest absolute Gasteiger partial charge is 0.511 e. The van der Waals surface area contributed by atoms with Gasteiger partial charge in [-0.15, -0.1) is 11.8 Å². The second-order valence-electron chi connectivity index (χ2n) is 7.49. The van der Waals surface area contributed by atoms with E-state index in [9.17, 15) is 10.1 Å². The van der Waals surface area contributed by atoms with E-state index in [-0.39, 0.29) is 5.75 Å². The quantitative estimate of drug-likeness (QED) is 0.207. The summed E-state index contributed by atoms with van der Waals surface area (Å²) >= 11 is 8.11. The third-order valence-corrected chi connectivity index (χ3v) is 6.76. The van der Waals surface area contributed by atoms with Gasteiger partial charge in [0.2, 0.25) is 5.95 Å². The number of fused-ring (bicyclic) bond motifs is 1. The number of rotatable bonds is 6. The highest BCUT2D eigenvalue weighted by molar-refractivity contribution is 7.98. The summed E-state index contributed by atoms with van der Waals surface area (Å²) in [7, 11) is 0. The number of carboxylic acid groups (broad SMARTS) is 1. The van der Waals surface area contributed by atoms with Crippen LogP contribution in [-0.2, 0) is 5.75 Å². The highest BCUT2D eigenvalue weighted by Gasteiger charge is 2.12. The number of benzene rings is 3. The molecule has 0 bridgehead atoms. The second-order valence-corrected chi connectivity index (χ2v) is 8.92. The van der Waals surface area contributed by atoms with Crippen LogP contribution in [0.4, 0.5) is 4.79 Å². The lowest BCUT2D eigenvalue weighted by molar-refractivity contribution is 0.144. The summed E-state index contributed by atoms with van der Waals surface area (Å²) in [5, 5.41) is 22.7. The minimum atomic E-state index is -1.41. The normalized spacial score (nSPS) is 10.9. The van der Waals surface area contributed by atoms with Crippen LogP contribution in [0.1, 0.15) is 11.1 Å². The van der Waals surface area contributed by atoms with E-state index in [1.165, 1.54) is 17.1 Å². The lowest BCUT2D eigenvalue weighted by Crippen LogP contribution is -2.02. The number of hydrogen-bond acceptors (Lipinski definition) is 6. The van der Waals surface area contributed by atoms with Crippen LogP contribution >= 0.6 is 23.4 Å². The Labute approximate surface area is 208 Å². The molecule has 0 radical (unpaired) electrons. The molecule has 10 heteroatoms. The van der Waals surface area contributed by atoms with Crippen LogP contribution in [-0.4, -0.2) is 31.0 Å². The molecular formula is C25H16ClN5O3S. The van der Waals surface area contributed by atoms with Gasteiger partial charge in [-0.1, -0.05) is 54.1 Å². The molecule has 0 aliphatic heterocycles.